The Labute approximate surface area is 163 Å². The third-order valence-corrected chi connectivity index (χ3v) is 6.64. The minimum Gasteiger partial charge on any atom is -0.283 e. The molecule has 2 aliphatic heterocycles. The molecule has 0 saturated carbocycles. The highest BCUT2D eigenvalue weighted by molar-refractivity contribution is 9.10. The first kappa shape index (κ1) is 17.3. The van der Waals surface area contributed by atoms with Crippen LogP contribution in [0.1, 0.15) is 19.4 Å². The van der Waals surface area contributed by atoms with Crippen molar-refractivity contribution in [2.24, 2.45) is 0 Å². The Bertz CT molecular complexity index is 946. The van der Waals surface area contributed by atoms with Gasteiger partial charge in [-0.2, -0.15) is 0 Å². The van der Waals surface area contributed by atoms with Crippen molar-refractivity contribution in [3.8, 4) is 0 Å². The Hall–Kier alpha value is -2.12. The Balaban J connectivity index is 1.98. The Morgan fingerprint density at radius 1 is 1.12 bits per heavy atom. The molecule has 132 valence electrons. The van der Waals surface area contributed by atoms with Crippen LogP contribution in [-0.4, -0.2) is 23.0 Å². The number of carbonyl (C=O) groups excluding carboxylic acids is 3. The highest BCUT2D eigenvalue weighted by Crippen LogP contribution is 2.57. The van der Waals surface area contributed by atoms with Gasteiger partial charge in [-0.25, -0.2) is 4.90 Å². The fourth-order valence-electron chi connectivity index (χ4n) is 3.57. The largest absolute Gasteiger partial charge is 0.283 e. The predicted octanol–water partition coefficient (Wildman–Crippen LogP) is 3.66. The van der Waals surface area contributed by atoms with E-state index < -0.39 is 16.0 Å². The summed E-state index contributed by atoms with van der Waals surface area (Å²) in [6.45, 7) is 3.16. The predicted molar refractivity (Wildman–Crippen MR) is 105 cm³/mol. The van der Waals surface area contributed by atoms with Crippen LogP contribution in [0.4, 0.5) is 11.4 Å². The fraction of sp³-hybridized carbons (Fsp3) is 0.211. The van der Waals surface area contributed by atoms with Crippen molar-refractivity contribution in [3.05, 3.63) is 58.6 Å². The molecule has 2 aromatic carbocycles. The van der Waals surface area contributed by atoms with Gasteiger partial charge in [0, 0.05) is 22.6 Å². The third kappa shape index (κ3) is 2.20. The lowest BCUT2D eigenvalue weighted by molar-refractivity contribution is -0.128. The number of carbonyl (C=O) groups is 3. The summed E-state index contributed by atoms with van der Waals surface area (Å²) in [7, 11) is 0. The first-order valence-electron chi connectivity index (χ1n) is 8.10. The van der Waals surface area contributed by atoms with Crippen molar-refractivity contribution >= 4 is 56.8 Å². The fourth-order valence-corrected chi connectivity index (χ4v) is 5.34. The number of para-hydroxylation sites is 1. The second kappa shape index (κ2) is 5.96. The molecule has 2 heterocycles. The van der Waals surface area contributed by atoms with Crippen molar-refractivity contribution in [1.29, 1.82) is 0 Å². The van der Waals surface area contributed by atoms with E-state index in [4.69, 9.17) is 0 Å². The van der Waals surface area contributed by atoms with Crippen LogP contribution in [0.15, 0.2) is 53.0 Å². The lowest BCUT2D eigenvalue weighted by Gasteiger charge is -2.32. The standard InChI is InChI=1S/C19H15BrN2O3S/c1-11-17(24)22(14-9-7-13(20)8-10-14)19(26-11)15-5-3-4-6-16(15)21(12(2)23)18(19)25/h3-11H,1-2H3/t11-,19+/m1/s1. The van der Waals surface area contributed by atoms with Crippen LogP contribution >= 0.6 is 27.7 Å². The number of fused-ring (bicyclic) bond motifs is 2. The van der Waals surface area contributed by atoms with Gasteiger partial charge in [0.05, 0.1) is 10.9 Å². The Morgan fingerprint density at radius 2 is 1.77 bits per heavy atom. The molecule has 2 aliphatic rings. The first-order valence-corrected chi connectivity index (χ1v) is 9.77. The summed E-state index contributed by atoms with van der Waals surface area (Å²) in [5.41, 5.74) is 1.84. The molecule has 2 aromatic rings. The van der Waals surface area contributed by atoms with Crippen LogP contribution in [0.3, 0.4) is 0 Å². The number of anilines is 2. The normalized spacial score (nSPS) is 24.5. The number of thioether (sulfide) groups is 1. The molecule has 3 amide bonds. The van der Waals surface area contributed by atoms with Gasteiger partial charge in [0.2, 0.25) is 16.7 Å². The molecular formula is C19H15BrN2O3S. The monoisotopic (exact) mass is 430 g/mol. The molecule has 5 nitrogen and oxygen atoms in total. The number of amides is 3. The van der Waals surface area contributed by atoms with E-state index in [0.717, 1.165) is 4.47 Å². The second-order valence-electron chi connectivity index (χ2n) is 6.23. The minimum absolute atomic E-state index is 0.147. The number of hydrogen-bond donors (Lipinski definition) is 0. The topological polar surface area (TPSA) is 57.7 Å². The summed E-state index contributed by atoms with van der Waals surface area (Å²) in [6.07, 6.45) is 0. The zero-order valence-corrected chi connectivity index (χ0v) is 16.5. The quantitative estimate of drug-likeness (QED) is 0.692. The van der Waals surface area contributed by atoms with Gasteiger partial charge in [-0.3, -0.25) is 19.3 Å². The van der Waals surface area contributed by atoms with E-state index in [1.807, 2.05) is 24.3 Å². The Morgan fingerprint density at radius 3 is 2.42 bits per heavy atom. The third-order valence-electron chi connectivity index (χ3n) is 4.63. The van der Waals surface area contributed by atoms with Crippen molar-refractivity contribution in [2.75, 3.05) is 9.80 Å². The van der Waals surface area contributed by atoms with Crippen molar-refractivity contribution in [3.63, 3.8) is 0 Å². The van der Waals surface area contributed by atoms with Gasteiger partial charge in [0.15, 0.2) is 0 Å². The molecule has 1 fully saturated rings. The van der Waals surface area contributed by atoms with Crippen LogP contribution < -0.4 is 9.80 Å². The van der Waals surface area contributed by atoms with E-state index in [1.54, 1.807) is 36.1 Å². The van der Waals surface area contributed by atoms with E-state index in [9.17, 15) is 14.4 Å². The van der Waals surface area contributed by atoms with Crippen LogP contribution in [-0.2, 0) is 19.3 Å². The highest BCUT2D eigenvalue weighted by Gasteiger charge is 2.63. The highest BCUT2D eigenvalue weighted by atomic mass is 79.9. The zero-order valence-electron chi connectivity index (χ0n) is 14.1. The molecular weight excluding hydrogens is 416 g/mol. The lowest BCUT2D eigenvalue weighted by Crippen LogP contribution is -2.50. The number of nitrogens with zero attached hydrogens (tertiary/aromatic N) is 2. The summed E-state index contributed by atoms with van der Waals surface area (Å²) in [5, 5.41) is -0.400. The summed E-state index contributed by atoms with van der Waals surface area (Å²) >= 11 is 4.68. The van der Waals surface area contributed by atoms with Gasteiger partial charge < -0.3 is 0 Å². The number of rotatable bonds is 1. The maximum atomic E-state index is 13.5. The van der Waals surface area contributed by atoms with Gasteiger partial charge in [0.25, 0.3) is 5.91 Å². The van der Waals surface area contributed by atoms with E-state index >= 15 is 0 Å². The second-order valence-corrected chi connectivity index (χ2v) is 8.68. The smallest absolute Gasteiger partial charge is 0.275 e. The molecule has 2 atom stereocenters. The van der Waals surface area contributed by atoms with Gasteiger partial charge in [-0.1, -0.05) is 34.1 Å². The zero-order chi connectivity index (χ0) is 18.6. The molecule has 1 spiro atoms. The SMILES string of the molecule is CC(=O)N1C(=O)[C@@]2(S[C@H](C)C(=O)N2c2ccc(Br)cc2)c2ccccc21. The molecule has 0 unspecified atom stereocenters. The van der Waals surface area contributed by atoms with Gasteiger partial charge in [-0.15, -0.1) is 11.8 Å². The maximum absolute atomic E-state index is 13.5. The van der Waals surface area contributed by atoms with E-state index in [0.29, 0.717) is 16.9 Å². The molecule has 7 heteroatoms. The van der Waals surface area contributed by atoms with Gasteiger partial charge in [-0.05, 0) is 37.3 Å². The van der Waals surface area contributed by atoms with Crippen LogP contribution in [0.25, 0.3) is 0 Å². The van der Waals surface area contributed by atoms with Crippen LogP contribution in [0, 0.1) is 0 Å². The van der Waals surface area contributed by atoms with E-state index in [1.165, 1.54) is 23.6 Å². The average Bonchev–Trinajstić information content (AvgIpc) is 3.02. The lowest BCUT2D eigenvalue weighted by atomic mass is 10.0. The van der Waals surface area contributed by atoms with Crippen molar-refractivity contribution < 1.29 is 14.4 Å². The number of imide groups is 1. The summed E-state index contributed by atoms with van der Waals surface area (Å²) in [5.74, 6) is -0.898. The molecule has 0 aliphatic carbocycles. The number of benzene rings is 2. The van der Waals surface area contributed by atoms with Gasteiger partial charge >= 0.3 is 0 Å². The average molecular weight is 431 g/mol. The molecule has 0 radical (unpaired) electrons. The molecule has 0 bridgehead atoms. The molecule has 0 aromatic heterocycles. The summed E-state index contributed by atoms with van der Waals surface area (Å²) < 4.78 is 0.881. The van der Waals surface area contributed by atoms with Crippen LogP contribution in [0.5, 0.6) is 0 Å². The van der Waals surface area contributed by atoms with Crippen molar-refractivity contribution in [1.82, 2.24) is 0 Å². The van der Waals surface area contributed by atoms with E-state index in [-0.39, 0.29) is 11.8 Å². The molecule has 1 saturated heterocycles. The molecule has 0 N–H and O–H groups in total. The van der Waals surface area contributed by atoms with Crippen LogP contribution in [0.2, 0.25) is 0 Å². The Kier molecular flexibility index (Phi) is 3.96. The van der Waals surface area contributed by atoms with E-state index in [2.05, 4.69) is 15.9 Å². The van der Waals surface area contributed by atoms with Crippen molar-refractivity contribution in [2.45, 2.75) is 24.0 Å². The summed E-state index contributed by atoms with van der Waals surface area (Å²) in [4.78, 5) is 40.1. The maximum Gasteiger partial charge on any atom is 0.275 e. The molecule has 26 heavy (non-hydrogen) atoms. The number of halogens is 1. The van der Waals surface area contributed by atoms with Gasteiger partial charge in [0.1, 0.15) is 0 Å². The molecule has 4 rings (SSSR count). The first-order chi connectivity index (χ1) is 12.4. The number of hydrogen-bond acceptors (Lipinski definition) is 4. The minimum atomic E-state index is -1.26. The summed E-state index contributed by atoms with van der Waals surface area (Å²) in [6, 6.07) is 14.4.